The van der Waals surface area contributed by atoms with Crippen LogP contribution in [0.1, 0.15) is 25.3 Å². The number of aryl methyl sites for hydroxylation is 1. The van der Waals surface area contributed by atoms with Gasteiger partial charge < -0.3 is 4.90 Å². The third-order valence-corrected chi connectivity index (χ3v) is 4.85. The number of hydrogen-bond donors (Lipinski definition) is 0. The van der Waals surface area contributed by atoms with Gasteiger partial charge in [0.05, 0.1) is 10.9 Å². The van der Waals surface area contributed by atoms with Crippen LogP contribution in [0.25, 0.3) is 5.69 Å². The van der Waals surface area contributed by atoms with Gasteiger partial charge in [0, 0.05) is 13.1 Å². The number of carbonyl (C=O) groups excluding carboxylic acids is 1. The SMILES string of the molecule is Cc1ccccc1-n1nnnc1S[C@@H](C)C(=O)N1CCCC1. The third-order valence-electron chi connectivity index (χ3n) is 3.83. The molecule has 6 nitrogen and oxygen atoms in total. The number of rotatable bonds is 4. The van der Waals surface area contributed by atoms with Crippen molar-refractivity contribution in [1.82, 2.24) is 25.1 Å². The maximum absolute atomic E-state index is 12.4. The van der Waals surface area contributed by atoms with Gasteiger partial charge in [-0.1, -0.05) is 30.0 Å². The van der Waals surface area contributed by atoms with E-state index in [1.807, 2.05) is 43.0 Å². The van der Waals surface area contributed by atoms with Crippen LogP contribution in [0.4, 0.5) is 0 Å². The Bertz CT molecular complexity index is 665. The van der Waals surface area contributed by atoms with Gasteiger partial charge in [-0.15, -0.1) is 5.10 Å². The molecule has 2 aromatic rings. The molecule has 1 aliphatic rings. The predicted octanol–water partition coefficient (Wildman–Crippen LogP) is 2.07. The third kappa shape index (κ3) is 2.99. The lowest BCUT2D eigenvalue weighted by Crippen LogP contribution is -2.34. The largest absolute Gasteiger partial charge is 0.342 e. The fourth-order valence-electron chi connectivity index (χ4n) is 2.61. The molecular weight excluding hydrogens is 298 g/mol. The van der Waals surface area contributed by atoms with Gasteiger partial charge in [0.2, 0.25) is 11.1 Å². The van der Waals surface area contributed by atoms with Crippen molar-refractivity contribution in [2.45, 2.75) is 37.1 Å². The summed E-state index contributed by atoms with van der Waals surface area (Å²) >= 11 is 1.41. The Morgan fingerprint density at radius 1 is 1.27 bits per heavy atom. The van der Waals surface area contributed by atoms with Gasteiger partial charge in [-0.25, -0.2) is 0 Å². The molecule has 0 aliphatic carbocycles. The minimum absolute atomic E-state index is 0.168. The van der Waals surface area contributed by atoms with Crippen LogP contribution in [-0.2, 0) is 4.79 Å². The zero-order valence-corrected chi connectivity index (χ0v) is 13.6. The lowest BCUT2D eigenvalue weighted by atomic mass is 10.2. The molecule has 1 fully saturated rings. The van der Waals surface area contributed by atoms with Crippen LogP contribution < -0.4 is 0 Å². The van der Waals surface area contributed by atoms with Crippen molar-refractivity contribution in [2.24, 2.45) is 0 Å². The Kier molecular flexibility index (Phi) is 4.42. The standard InChI is InChI=1S/C15H19N5OS/c1-11-7-3-4-8-13(11)20-15(16-17-18-20)22-12(2)14(21)19-9-5-6-10-19/h3-4,7-8,12H,5-6,9-10H2,1-2H3/t12-/m0/s1. The van der Waals surface area contributed by atoms with Crippen molar-refractivity contribution in [3.8, 4) is 5.69 Å². The van der Waals surface area contributed by atoms with Gasteiger partial charge in [0.25, 0.3) is 0 Å². The van der Waals surface area contributed by atoms with Crippen molar-refractivity contribution < 1.29 is 4.79 Å². The van der Waals surface area contributed by atoms with Crippen LogP contribution in [0.15, 0.2) is 29.4 Å². The molecule has 1 aliphatic heterocycles. The van der Waals surface area contributed by atoms with E-state index in [2.05, 4.69) is 15.5 Å². The van der Waals surface area contributed by atoms with Gasteiger partial charge >= 0.3 is 0 Å². The first-order chi connectivity index (χ1) is 10.7. The normalized spacial score (nSPS) is 16.0. The van der Waals surface area contributed by atoms with E-state index in [0.29, 0.717) is 5.16 Å². The minimum Gasteiger partial charge on any atom is -0.342 e. The summed E-state index contributed by atoms with van der Waals surface area (Å²) in [6.07, 6.45) is 2.20. The first kappa shape index (κ1) is 15.0. The Labute approximate surface area is 133 Å². The molecule has 0 radical (unpaired) electrons. The monoisotopic (exact) mass is 317 g/mol. The maximum atomic E-state index is 12.4. The zero-order valence-electron chi connectivity index (χ0n) is 12.8. The van der Waals surface area contributed by atoms with E-state index in [1.54, 1.807) is 4.68 Å². The first-order valence-corrected chi connectivity index (χ1v) is 8.34. The Hall–Kier alpha value is -1.89. The summed E-state index contributed by atoms with van der Waals surface area (Å²) in [6, 6.07) is 7.93. The molecule has 0 bridgehead atoms. The van der Waals surface area contributed by atoms with Crippen molar-refractivity contribution >= 4 is 17.7 Å². The highest BCUT2D eigenvalue weighted by Gasteiger charge is 2.26. The van der Waals surface area contributed by atoms with E-state index in [1.165, 1.54) is 11.8 Å². The highest BCUT2D eigenvalue weighted by atomic mass is 32.2. The molecule has 1 aromatic carbocycles. The fraction of sp³-hybridized carbons (Fsp3) is 0.467. The molecule has 0 saturated carbocycles. The van der Waals surface area contributed by atoms with Gasteiger partial charge in [0.1, 0.15) is 0 Å². The van der Waals surface area contributed by atoms with Crippen LogP contribution in [0.3, 0.4) is 0 Å². The van der Waals surface area contributed by atoms with E-state index in [9.17, 15) is 4.79 Å². The summed E-state index contributed by atoms with van der Waals surface area (Å²) in [4.78, 5) is 14.3. The molecule has 0 unspecified atom stereocenters. The van der Waals surface area contributed by atoms with Crippen molar-refractivity contribution in [2.75, 3.05) is 13.1 Å². The number of thioether (sulfide) groups is 1. The van der Waals surface area contributed by atoms with Crippen LogP contribution >= 0.6 is 11.8 Å². The molecular formula is C15H19N5OS. The Balaban J connectivity index is 1.78. The number of aromatic nitrogens is 4. The molecule has 1 amide bonds. The van der Waals surface area contributed by atoms with Crippen LogP contribution in [0.2, 0.25) is 0 Å². The maximum Gasteiger partial charge on any atom is 0.235 e. The molecule has 116 valence electrons. The fourth-order valence-corrected chi connectivity index (χ4v) is 3.49. The number of carbonyl (C=O) groups is 1. The predicted molar refractivity (Wildman–Crippen MR) is 85.0 cm³/mol. The molecule has 1 atom stereocenters. The number of amides is 1. The highest BCUT2D eigenvalue weighted by molar-refractivity contribution is 8.00. The second-order valence-corrected chi connectivity index (χ2v) is 6.76. The number of tetrazole rings is 1. The molecule has 0 spiro atoms. The van der Waals surface area contributed by atoms with Crippen LogP contribution in [0, 0.1) is 6.92 Å². The van der Waals surface area contributed by atoms with Crippen molar-refractivity contribution in [3.63, 3.8) is 0 Å². The Morgan fingerprint density at radius 3 is 2.73 bits per heavy atom. The molecule has 3 rings (SSSR count). The van der Waals surface area contributed by atoms with Crippen LogP contribution in [-0.4, -0.2) is 49.4 Å². The van der Waals surface area contributed by atoms with E-state index in [0.717, 1.165) is 37.2 Å². The minimum atomic E-state index is -0.188. The number of hydrogen-bond acceptors (Lipinski definition) is 5. The summed E-state index contributed by atoms with van der Waals surface area (Å²) < 4.78 is 1.70. The van der Waals surface area contributed by atoms with E-state index >= 15 is 0 Å². The summed E-state index contributed by atoms with van der Waals surface area (Å²) in [5.74, 6) is 0.168. The van der Waals surface area contributed by atoms with Gasteiger partial charge in [0.15, 0.2) is 0 Å². The molecule has 0 N–H and O–H groups in total. The molecule has 22 heavy (non-hydrogen) atoms. The number of nitrogens with zero attached hydrogens (tertiary/aromatic N) is 5. The zero-order chi connectivity index (χ0) is 15.5. The second kappa shape index (κ2) is 6.48. The van der Waals surface area contributed by atoms with Crippen LogP contribution in [0.5, 0.6) is 0 Å². The molecule has 1 aromatic heterocycles. The molecule has 2 heterocycles. The topological polar surface area (TPSA) is 63.9 Å². The Morgan fingerprint density at radius 2 is 2.00 bits per heavy atom. The van der Waals surface area contributed by atoms with Crippen molar-refractivity contribution in [3.05, 3.63) is 29.8 Å². The average Bonchev–Trinajstić information content (AvgIpc) is 3.18. The van der Waals surface area contributed by atoms with Crippen molar-refractivity contribution in [1.29, 1.82) is 0 Å². The summed E-state index contributed by atoms with van der Waals surface area (Å²) in [5.41, 5.74) is 2.03. The first-order valence-electron chi connectivity index (χ1n) is 7.46. The molecule has 7 heteroatoms. The average molecular weight is 317 g/mol. The van der Waals surface area contributed by atoms with E-state index < -0.39 is 0 Å². The number of benzene rings is 1. The summed E-state index contributed by atoms with van der Waals surface area (Å²) in [7, 11) is 0. The van der Waals surface area contributed by atoms with E-state index in [-0.39, 0.29) is 11.2 Å². The van der Waals surface area contributed by atoms with Gasteiger partial charge in [-0.05, 0) is 48.7 Å². The quantitative estimate of drug-likeness (QED) is 0.808. The number of para-hydroxylation sites is 1. The molecule has 1 saturated heterocycles. The van der Waals surface area contributed by atoms with Gasteiger partial charge in [-0.3, -0.25) is 4.79 Å². The highest BCUT2D eigenvalue weighted by Crippen LogP contribution is 2.26. The van der Waals surface area contributed by atoms with E-state index in [4.69, 9.17) is 0 Å². The number of likely N-dealkylation sites (tertiary alicyclic amines) is 1. The summed E-state index contributed by atoms with van der Waals surface area (Å²) in [5, 5.41) is 12.4. The smallest absolute Gasteiger partial charge is 0.235 e. The summed E-state index contributed by atoms with van der Waals surface area (Å²) in [6.45, 7) is 5.67. The second-order valence-electron chi connectivity index (χ2n) is 5.45. The lowest BCUT2D eigenvalue weighted by Gasteiger charge is -2.19. The lowest BCUT2D eigenvalue weighted by molar-refractivity contribution is -0.129. The van der Waals surface area contributed by atoms with Gasteiger partial charge in [-0.2, -0.15) is 4.68 Å².